The molecule has 0 amide bonds. The number of fused-ring (bicyclic) bond motifs is 1. The lowest BCUT2D eigenvalue weighted by atomic mass is 10.1. The number of hydrogen-bond donors (Lipinski definition) is 3. The van der Waals surface area contributed by atoms with Gasteiger partial charge < -0.3 is 29.9 Å². The van der Waals surface area contributed by atoms with Gasteiger partial charge in [0.1, 0.15) is 18.5 Å². The van der Waals surface area contributed by atoms with Crippen molar-refractivity contribution in [3.63, 3.8) is 0 Å². The molecular formula is C22H23F6N3O6. The van der Waals surface area contributed by atoms with Crippen LogP contribution < -0.4 is 15.0 Å². The standard InChI is InChI=1S/C18H21N3O2.2C2HF3O2/c1-2-4-14(5-3-1)16-13-21(9-11-22-16)17-7-6-15-12-19-8-10-23-18(15)20-17;2*3-2(4,5)1(6)7/h1-7,16,19H,8-13H2;2*(H,6,7). The number of nitrogens with zero attached hydrogens (tertiary/aromatic N) is 2. The first-order valence-corrected chi connectivity index (χ1v) is 10.6. The van der Waals surface area contributed by atoms with Crippen LogP contribution in [-0.2, 0) is 20.9 Å². The van der Waals surface area contributed by atoms with E-state index in [4.69, 9.17) is 34.3 Å². The smallest absolute Gasteiger partial charge is 0.476 e. The Kier molecular flexibility index (Phi) is 10.5. The maximum atomic E-state index is 10.6. The minimum absolute atomic E-state index is 0.0909. The third kappa shape index (κ3) is 9.76. The molecule has 0 spiro atoms. The normalized spacial score (nSPS) is 17.5. The predicted octanol–water partition coefficient (Wildman–Crippen LogP) is 3.41. The Balaban J connectivity index is 0.000000286. The summed E-state index contributed by atoms with van der Waals surface area (Å²) in [5.74, 6) is -3.79. The van der Waals surface area contributed by atoms with Gasteiger partial charge in [-0.1, -0.05) is 30.3 Å². The van der Waals surface area contributed by atoms with Gasteiger partial charge in [0, 0.05) is 31.7 Å². The second-order valence-electron chi connectivity index (χ2n) is 7.48. The molecule has 3 heterocycles. The second kappa shape index (κ2) is 13.1. The monoisotopic (exact) mass is 539 g/mol. The van der Waals surface area contributed by atoms with Crippen molar-refractivity contribution in [2.24, 2.45) is 0 Å². The van der Waals surface area contributed by atoms with E-state index in [-0.39, 0.29) is 6.10 Å². The minimum Gasteiger partial charge on any atom is -0.476 e. The lowest BCUT2D eigenvalue weighted by Gasteiger charge is -2.34. The van der Waals surface area contributed by atoms with E-state index in [1.54, 1.807) is 0 Å². The van der Waals surface area contributed by atoms with E-state index in [0.29, 0.717) is 13.2 Å². The van der Waals surface area contributed by atoms with Crippen molar-refractivity contribution >= 4 is 17.8 Å². The number of carboxylic acid groups (broad SMARTS) is 2. The number of rotatable bonds is 2. The lowest BCUT2D eigenvalue weighted by Crippen LogP contribution is -2.38. The number of ether oxygens (including phenoxy) is 2. The number of pyridine rings is 1. The van der Waals surface area contributed by atoms with Crippen molar-refractivity contribution in [1.29, 1.82) is 0 Å². The molecule has 1 aromatic heterocycles. The van der Waals surface area contributed by atoms with Crippen molar-refractivity contribution in [1.82, 2.24) is 10.3 Å². The van der Waals surface area contributed by atoms with Crippen molar-refractivity contribution in [2.75, 3.05) is 37.7 Å². The molecular weight excluding hydrogens is 516 g/mol. The van der Waals surface area contributed by atoms with E-state index >= 15 is 0 Å². The van der Waals surface area contributed by atoms with E-state index in [1.807, 2.05) is 6.07 Å². The molecule has 1 unspecified atom stereocenters. The summed E-state index contributed by atoms with van der Waals surface area (Å²) in [5, 5.41) is 17.6. The third-order valence-corrected chi connectivity index (χ3v) is 4.80. The Bertz CT molecular complexity index is 1010. The van der Waals surface area contributed by atoms with Crippen LogP contribution in [0.5, 0.6) is 5.88 Å². The van der Waals surface area contributed by atoms with Crippen LogP contribution in [0.2, 0.25) is 0 Å². The molecule has 2 aliphatic rings. The van der Waals surface area contributed by atoms with Gasteiger partial charge in [0.25, 0.3) is 0 Å². The summed E-state index contributed by atoms with van der Waals surface area (Å²) in [6, 6.07) is 14.6. The highest BCUT2D eigenvalue weighted by Crippen LogP contribution is 2.28. The number of aliphatic carboxylic acids is 2. The summed E-state index contributed by atoms with van der Waals surface area (Å²) in [4.78, 5) is 24.8. The van der Waals surface area contributed by atoms with Crippen LogP contribution in [0.1, 0.15) is 17.2 Å². The number of carbonyl (C=O) groups is 2. The minimum atomic E-state index is -5.08. The van der Waals surface area contributed by atoms with Gasteiger partial charge in [-0.25, -0.2) is 9.59 Å². The van der Waals surface area contributed by atoms with Crippen molar-refractivity contribution < 1.29 is 55.6 Å². The summed E-state index contributed by atoms with van der Waals surface area (Å²) in [6.07, 6.45) is -10.1. The fourth-order valence-corrected chi connectivity index (χ4v) is 3.06. The Morgan fingerprint density at radius 1 is 0.946 bits per heavy atom. The number of hydrogen-bond acceptors (Lipinski definition) is 7. The number of nitrogens with one attached hydrogen (secondary N) is 1. The number of benzene rings is 1. The van der Waals surface area contributed by atoms with E-state index in [1.165, 1.54) is 5.56 Å². The quantitative estimate of drug-likeness (QED) is 0.493. The Morgan fingerprint density at radius 3 is 2.11 bits per heavy atom. The van der Waals surface area contributed by atoms with Gasteiger partial charge in [0.2, 0.25) is 5.88 Å². The van der Waals surface area contributed by atoms with Crippen LogP contribution in [-0.4, -0.2) is 72.3 Å². The van der Waals surface area contributed by atoms with Crippen molar-refractivity contribution in [2.45, 2.75) is 25.0 Å². The molecule has 2 aromatic rings. The molecule has 15 heteroatoms. The third-order valence-electron chi connectivity index (χ3n) is 4.80. The summed E-state index contributed by atoms with van der Waals surface area (Å²) in [6.45, 7) is 4.72. The Labute approximate surface area is 206 Å². The molecule has 204 valence electrons. The molecule has 3 N–H and O–H groups in total. The number of morpholine rings is 1. The predicted molar refractivity (Wildman–Crippen MR) is 116 cm³/mol. The van der Waals surface area contributed by atoms with Crippen LogP contribution >= 0.6 is 0 Å². The topological polar surface area (TPSA) is 121 Å². The molecule has 9 nitrogen and oxygen atoms in total. The number of aromatic nitrogens is 1. The van der Waals surface area contributed by atoms with Crippen molar-refractivity contribution in [3.05, 3.63) is 53.6 Å². The molecule has 2 aliphatic heterocycles. The number of carboxylic acids is 2. The lowest BCUT2D eigenvalue weighted by molar-refractivity contribution is -0.193. The zero-order valence-electron chi connectivity index (χ0n) is 19.1. The van der Waals surface area contributed by atoms with Crippen LogP contribution in [0, 0.1) is 0 Å². The van der Waals surface area contributed by atoms with Gasteiger partial charge in [-0.2, -0.15) is 31.3 Å². The fraction of sp³-hybridized carbons (Fsp3) is 0.409. The van der Waals surface area contributed by atoms with Crippen LogP contribution in [0.3, 0.4) is 0 Å². The second-order valence-corrected chi connectivity index (χ2v) is 7.48. The molecule has 4 rings (SSSR count). The highest BCUT2D eigenvalue weighted by molar-refractivity contribution is 5.73. The van der Waals surface area contributed by atoms with E-state index in [9.17, 15) is 26.3 Å². The van der Waals surface area contributed by atoms with E-state index in [2.05, 4.69) is 46.6 Å². The van der Waals surface area contributed by atoms with E-state index in [0.717, 1.165) is 43.4 Å². The Hall–Kier alpha value is -3.59. The first-order valence-electron chi connectivity index (χ1n) is 10.6. The zero-order chi connectivity index (χ0) is 27.6. The Morgan fingerprint density at radius 2 is 1.54 bits per heavy atom. The summed E-state index contributed by atoms with van der Waals surface area (Å²) in [7, 11) is 0. The summed E-state index contributed by atoms with van der Waals surface area (Å²) in [5.41, 5.74) is 2.34. The maximum absolute atomic E-state index is 10.6. The number of anilines is 1. The first-order chi connectivity index (χ1) is 17.3. The van der Waals surface area contributed by atoms with Crippen molar-refractivity contribution in [3.8, 4) is 5.88 Å². The largest absolute Gasteiger partial charge is 0.490 e. The molecule has 0 aliphatic carbocycles. The number of alkyl halides is 6. The fourth-order valence-electron chi connectivity index (χ4n) is 3.06. The van der Waals surface area contributed by atoms with Crippen LogP contribution in [0.4, 0.5) is 32.2 Å². The van der Waals surface area contributed by atoms with Gasteiger partial charge in [-0.05, 0) is 17.7 Å². The highest BCUT2D eigenvalue weighted by atomic mass is 19.4. The average Bonchev–Trinajstić information content (AvgIpc) is 3.09. The summed E-state index contributed by atoms with van der Waals surface area (Å²) < 4.78 is 75.2. The van der Waals surface area contributed by atoms with Crippen LogP contribution in [0.25, 0.3) is 0 Å². The molecule has 1 atom stereocenters. The van der Waals surface area contributed by atoms with Gasteiger partial charge in [-0.15, -0.1) is 0 Å². The van der Waals surface area contributed by atoms with Gasteiger partial charge >= 0.3 is 24.3 Å². The molecule has 1 saturated heterocycles. The maximum Gasteiger partial charge on any atom is 0.490 e. The molecule has 1 fully saturated rings. The molecule has 0 radical (unpaired) electrons. The highest BCUT2D eigenvalue weighted by Gasteiger charge is 2.38. The van der Waals surface area contributed by atoms with Gasteiger partial charge in [0.15, 0.2) is 0 Å². The van der Waals surface area contributed by atoms with E-state index < -0.39 is 24.3 Å². The van der Waals surface area contributed by atoms with Gasteiger partial charge in [0.05, 0.1) is 6.61 Å². The first kappa shape index (κ1) is 29.6. The summed E-state index contributed by atoms with van der Waals surface area (Å²) >= 11 is 0. The van der Waals surface area contributed by atoms with Gasteiger partial charge in [-0.3, -0.25) is 0 Å². The molecule has 0 saturated carbocycles. The zero-order valence-corrected chi connectivity index (χ0v) is 19.1. The molecule has 0 bridgehead atoms. The van der Waals surface area contributed by atoms with Crippen LogP contribution in [0.15, 0.2) is 42.5 Å². The SMILES string of the molecule is O=C(O)C(F)(F)F.O=C(O)C(F)(F)F.c1ccc(C2CN(c3ccc4c(n3)OCCNC4)CCO2)cc1. The number of halogens is 6. The molecule has 37 heavy (non-hydrogen) atoms. The molecule has 1 aromatic carbocycles. The average molecular weight is 539 g/mol.